The Balaban J connectivity index is 1.82. The Morgan fingerprint density at radius 2 is 1.72 bits per heavy atom. The van der Waals surface area contributed by atoms with Crippen LogP contribution in [0.15, 0.2) is 41.5 Å². The molecule has 0 unspecified atom stereocenters. The maximum Gasteiger partial charge on any atom is 0.256 e. The van der Waals surface area contributed by atoms with E-state index >= 15 is 0 Å². The van der Waals surface area contributed by atoms with Crippen LogP contribution in [-0.4, -0.2) is 30.0 Å². The summed E-state index contributed by atoms with van der Waals surface area (Å²) in [6.45, 7) is 0.187. The lowest BCUT2D eigenvalue weighted by Gasteiger charge is -2.25. The summed E-state index contributed by atoms with van der Waals surface area (Å²) in [6, 6.07) is 6.53. The molecular formula is C22H26FN3O3. The van der Waals surface area contributed by atoms with E-state index < -0.39 is 17.2 Å². The number of nitrogens with zero attached hydrogens (tertiary/aromatic N) is 1. The van der Waals surface area contributed by atoms with E-state index in [1.54, 1.807) is 30.6 Å². The van der Waals surface area contributed by atoms with Gasteiger partial charge in [-0.3, -0.25) is 14.4 Å². The van der Waals surface area contributed by atoms with E-state index in [-0.39, 0.29) is 29.5 Å². The molecule has 0 saturated heterocycles. The minimum absolute atomic E-state index is 0.0418. The molecule has 0 atom stereocenters. The molecule has 154 valence electrons. The fraction of sp³-hybridized carbons (Fsp3) is 0.409. The van der Waals surface area contributed by atoms with Gasteiger partial charge in [-0.05, 0) is 30.9 Å². The van der Waals surface area contributed by atoms with E-state index in [0.717, 1.165) is 25.7 Å². The first kappa shape index (κ1) is 20.8. The molecule has 3 rings (SSSR count). The van der Waals surface area contributed by atoms with E-state index in [4.69, 9.17) is 0 Å². The number of benzene rings is 1. The number of rotatable bonds is 6. The molecule has 0 aliphatic heterocycles. The number of nitrogens with one attached hydrogen (secondary N) is 2. The second kappa shape index (κ2) is 9.49. The van der Waals surface area contributed by atoms with Crippen LogP contribution in [-0.2, 0) is 6.42 Å². The Labute approximate surface area is 169 Å². The molecule has 1 aromatic heterocycles. The van der Waals surface area contributed by atoms with Gasteiger partial charge in [-0.15, -0.1) is 0 Å². The van der Waals surface area contributed by atoms with Gasteiger partial charge in [0.2, 0.25) is 5.43 Å². The van der Waals surface area contributed by atoms with Gasteiger partial charge in [0.25, 0.3) is 11.8 Å². The van der Waals surface area contributed by atoms with Crippen molar-refractivity contribution in [3.05, 3.63) is 69.4 Å². The molecule has 0 radical (unpaired) electrons. The Bertz CT molecular complexity index is 949. The van der Waals surface area contributed by atoms with Gasteiger partial charge in [-0.2, -0.15) is 0 Å². The molecule has 1 fully saturated rings. The van der Waals surface area contributed by atoms with Crippen molar-refractivity contribution in [3.8, 4) is 0 Å². The molecule has 7 heteroatoms. The van der Waals surface area contributed by atoms with Crippen molar-refractivity contribution in [2.45, 2.75) is 44.6 Å². The van der Waals surface area contributed by atoms with Crippen LogP contribution in [0, 0.1) is 5.82 Å². The minimum atomic E-state index is -0.597. The number of halogens is 1. The standard InChI is InChI=1S/C22H26FN3O3/c1-24-21(28)17-13-26(16-8-3-2-4-9-16)14-18(20(17)27)22(29)25-12-11-15-7-5-6-10-19(15)23/h5-7,10,13-14,16H,2-4,8-9,11-12H2,1H3,(H,24,28)(H,25,29). The molecule has 0 spiro atoms. The summed E-state index contributed by atoms with van der Waals surface area (Å²) >= 11 is 0. The van der Waals surface area contributed by atoms with Gasteiger partial charge in [0.1, 0.15) is 16.9 Å². The predicted octanol–water partition coefficient (Wildman–Crippen LogP) is 2.82. The molecule has 6 nitrogen and oxygen atoms in total. The smallest absolute Gasteiger partial charge is 0.256 e. The highest BCUT2D eigenvalue weighted by Gasteiger charge is 2.22. The fourth-order valence-corrected chi connectivity index (χ4v) is 3.75. The molecule has 1 heterocycles. The first-order valence-corrected chi connectivity index (χ1v) is 10.0. The first-order valence-electron chi connectivity index (χ1n) is 10.0. The zero-order valence-electron chi connectivity index (χ0n) is 16.5. The average molecular weight is 399 g/mol. The quantitative estimate of drug-likeness (QED) is 0.784. The van der Waals surface area contributed by atoms with E-state index in [9.17, 15) is 18.8 Å². The highest BCUT2D eigenvalue weighted by Crippen LogP contribution is 2.28. The van der Waals surface area contributed by atoms with Crippen LogP contribution < -0.4 is 16.1 Å². The van der Waals surface area contributed by atoms with E-state index in [0.29, 0.717) is 12.0 Å². The molecule has 2 aromatic rings. The largest absolute Gasteiger partial charge is 0.355 e. The van der Waals surface area contributed by atoms with Gasteiger partial charge in [-0.1, -0.05) is 37.5 Å². The zero-order valence-corrected chi connectivity index (χ0v) is 16.5. The number of pyridine rings is 1. The SMILES string of the molecule is CNC(=O)c1cn(C2CCCCC2)cc(C(=O)NCCc2ccccc2F)c1=O. The monoisotopic (exact) mass is 399 g/mol. The molecular weight excluding hydrogens is 373 g/mol. The fourth-order valence-electron chi connectivity index (χ4n) is 3.75. The van der Waals surface area contributed by atoms with Gasteiger partial charge in [0, 0.05) is 32.0 Å². The minimum Gasteiger partial charge on any atom is -0.355 e. The maximum absolute atomic E-state index is 13.7. The number of carbonyl (C=O) groups is 2. The first-order chi connectivity index (χ1) is 14.0. The lowest BCUT2D eigenvalue weighted by atomic mass is 9.95. The Hall–Kier alpha value is -2.96. The molecule has 29 heavy (non-hydrogen) atoms. The van der Waals surface area contributed by atoms with Crippen LogP contribution in [0.2, 0.25) is 0 Å². The third kappa shape index (κ3) is 4.91. The second-order valence-electron chi connectivity index (χ2n) is 7.33. The van der Waals surface area contributed by atoms with Gasteiger partial charge in [0.05, 0.1) is 0 Å². The average Bonchev–Trinajstić information content (AvgIpc) is 2.75. The third-order valence-corrected chi connectivity index (χ3v) is 5.40. The summed E-state index contributed by atoms with van der Waals surface area (Å²) in [4.78, 5) is 37.6. The molecule has 2 amide bonds. The van der Waals surface area contributed by atoms with Crippen LogP contribution >= 0.6 is 0 Å². The second-order valence-corrected chi connectivity index (χ2v) is 7.33. The molecule has 2 N–H and O–H groups in total. The van der Waals surface area contributed by atoms with Crippen LogP contribution in [0.25, 0.3) is 0 Å². The van der Waals surface area contributed by atoms with Crippen molar-refractivity contribution in [3.63, 3.8) is 0 Å². The van der Waals surface area contributed by atoms with Gasteiger partial charge in [-0.25, -0.2) is 4.39 Å². The molecule has 1 aliphatic rings. The molecule has 1 saturated carbocycles. The van der Waals surface area contributed by atoms with Crippen LogP contribution in [0.3, 0.4) is 0 Å². The lowest BCUT2D eigenvalue weighted by Crippen LogP contribution is -2.35. The normalized spacial score (nSPS) is 14.4. The van der Waals surface area contributed by atoms with Gasteiger partial charge < -0.3 is 15.2 Å². The molecule has 1 aromatic carbocycles. The lowest BCUT2D eigenvalue weighted by molar-refractivity contribution is 0.0951. The third-order valence-electron chi connectivity index (χ3n) is 5.40. The molecule has 1 aliphatic carbocycles. The van der Waals surface area contributed by atoms with Gasteiger partial charge in [0.15, 0.2) is 0 Å². The highest BCUT2D eigenvalue weighted by atomic mass is 19.1. The highest BCUT2D eigenvalue weighted by molar-refractivity contribution is 5.99. The summed E-state index contributed by atoms with van der Waals surface area (Å²) in [7, 11) is 1.45. The number of hydrogen-bond donors (Lipinski definition) is 2. The van der Waals surface area contributed by atoms with Gasteiger partial charge >= 0.3 is 0 Å². The van der Waals surface area contributed by atoms with Crippen molar-refractivity contribution < 1.29 is 14.0 Å². The number of aromatic nitrogens is 1. The number of carbonyl (C=O) groups excluding carboxylic acids is 2. The van der Waals surface area contributed by atoms with Crippen molar-refractivity contribution in [1.29, 1.82) is 0 Å². The van der Waals surface area contributed by atoms with Crippen molar-refractivity contribution in [1.82, 2.24) is 15.2 Å². The van der Waals surface area contributed by atoms with E-state index in [1.807, 2.05) is 4.57 Å². The maximum atomic E-state index is 13.7. The molecule has 0 bridgehead atoms. The summed E-state index contributed by atoms with van der Waals surface area (Å²) < 4.78 is 15.6. The van der Waals surface area contributed by atoms with Crippen LogP contribution in [0.5, 0.6) is 0 Å². The number of hydrogen-bond acceptors (Lipinski definition) is 3. The van der Waals surface area contributed by atoms with Crippen LogP contribution in [0.1, 0.15) is 64.4 Å². The zero-order chi connectivity index (χ0) is 20.8. The van der Waals surface area contributed by atoms with E-state index in [2.05, 4.69) is 10.6 Å². The van der Waals surface area contributed by atoms with Crippen molar-refractivity contribution >= 4 is 11.8 Å². The van der Waals surface area contributed by atoms with Crippen molar-refractivity contribution in [2.24, 2.45) is 0 Å². The predicted molar refractivity (Wildman–Crippen MR) is 109 cm³/mol. The summed E-state index contributed by atoms with van der Waals surface area (Å²) in [5.41, 5.74) is -0.212. The van der Waals surface area contributed by atoms with Crippen LogP contribution in [0.4, 0.5) is 4.39 Å². The summed E-state index contributed by atoms with van der Waals surface area (Å²) in [5.74, 6) is -1.40. The van der Waals surface area contributed by atoms with Crippen molar-refractivity contribution in [2.75, 3.05) is 13.6 Å². The Kier molecular flexibility index (Phi) is 6.80. The summed E-state index contributed by atoms with van der Waals surface area (Å²) in [5, 5.41) is 5.14. The van der Waals surface area contributed by atoms with E-state index in [1.165, 1.54) is 19.5 Å². The Morgan fingerprint density at radius 1 is 1.07 bits per heavy atom. The topological polar surface area (TPSA) is 80.2 Å². The Morgan fingerprint density at radius 3 is 2.38 bits per heavy atom. The summed E-state index contributed by atoms with van der Waals surface area (Å²) in [6.07, 6.45) is 8.63. The number of amides is 2.